The van der Waals surface area contributed by atoms with E-state index >= 15 is 0 Å². The SMILES string of the molecule is CCCN(C)C(=O)C1=Cc2sccc2N=C(N)C1.NCC1CCCCC1. The van der Waals surface area contributed by atoms with Crippen LogP contribution in [-0.2, 0) is 4.79 Å². The van der Waals surface area contributed by atoms with E-state index < -0.39 is 0 Å². The summed E-state index contributed by atoms with van der Waals surface area (Å²) >= 11 is 1.58. The normalized spacial score (nSPS) is 17.2. The molecule has 144 valence electrons. The zero-order valence-electron chi connectivity index (χ0n) is 16.0. The lowest BCUT2D eigenvalue weighted by atomic mass is 9.90. The lowest BCUT2D eigenvalue weighted by Crippen LogP contribution is -2.30. The van der Waals surface area contributed by atoms with Crippen molar-refractivity contribution in [3.63, 3.8) is 0 Å². The summed E-state index contributed by atoms with van der Waals surface area (Å²) in [6, 6.07) is 1.92. The molecule has 2 heterocycles. The van der Waals surface area contributed by atoms with E-state index in [0.29, 0.717) is 17.8 Å². The fourth-order valence-corrected chi connectivity index (χ4v) is 4.14. The van der Waals surface area contributed by atoms with Crippen LogP contribution in [0.5, 0.6) is 0 Å². The van der Waals surface area contributed by atoms with Crippen LogP contribution in [0.1, 0.15) is 56.7 Å². The molecule has 0 bridgehead atoms. The summed E-state index contributed by atoms with van der Waals surface area (Å²) in [5.74, 6) is 1.40. The summed E-state index contributed by atoms with van der Waals surface area (Å²) in [5, 5.41) is 1.96. The number of hydrogen-bond donors (Lipinski definition) is 2. The van der Waals surface area contributed by atoms with Gasteiger partial charge in [0.1, 0.15) is 5.84 Å². The van der Waals surface area contributed by atoms with Gasteiger partial charge < -0.3 is 16.4 Å². The van der Waals surface area contributed by atoms with Crippen molar-refractivity contribution in [2.45, 2.75) is 51.9 Å². The van der Waals surface area contributed by atoms with Crippen molar-refractivity contribution in [3.05, 3.63) is 21.9 Å². The van der Waals surface area contributed by atoms with E-state index in [9.17, 15) is 4.79 Å². The van der Waals surface area contributed by atoms with E-state index in [0.717, 1.165) is 36.0 Å². The van der Waals surface area contributed by atoms with Gasteiger partial charge in [-0.25, -0.2) is 4.99 Å². The van der Waals surface area contributed by atoms with Crippen molar-refractivity contribution in [1.82, 2.24) is 4.90 Å². The topological polar surface area (TPSA) is 84.7 Å². The molecule has 1 aromatic rings. The molecule has 2 aliphatic rings. The number of rotatable bonds is 4. The van der Waals surface area contributed by atoms with Gasteiger partial charge in [0.2, 0.25) is 5.91 Å². The van der Waals surface area contributed by atoms with E-state index in [2.05, 4.69) is 11.9 Å². The second-order valence-electron chi connectivity index (χ2n) is 7.09. The molecule has 0 saturated heterocycles. The van der Waals surface area contributed by atoms with Gasteiger partial charge in [0.15, 0.2) is 0 Å². The van der Waals surface area contributed by atoms with Crippen LogP contribution >= 0.6 is 11.3 Å². The first kappa shape index (κ1) is 20.6. The van der Waals surface area contributed by atoms with Gasteiger partial charge in [0.05, 0.1) is 10.6 Å². The zero-order valence-corrected chi connectivity index (χ0v) is 16.9. The Hall–Kier alpha value is -1.66. The largest absolute Gasteiger partial charge is 0.387 e. The van der Waals surface area contributed by atoms with E-state index in [1.165, 1.54) is 32.1 Å². The van der Waals surface area contributed by atoms with Crippen molar-refractivity contribution in [2.24, 2.45) is 22.4 Å². The van der Waals surface area contributed by atoms with Gasteiger partial charge in [0.25, 0.3) is 0 Å². The average molecular weight is 377 g/mol. The summed E-state index contributed by atoms with van der Waals surface area (Å²) in [6.07, 6.45) is 10.3. The average Bonchev–Trinajstić information content (AvgIpc) is 3.01. The maximum absolute atomic E-state index is 12.3. The summed E-state index contributed by atoms with van der Waals surface area (Å²) < 4.78 is 0. The minimum Gasteiger partial charge on any atom is -0.387 e. The molecule has 1 aliphatic carbocycles. The lowest BCUT2D eigenvalue weighted by molar-refractivity contribution is -0.125. The molecule has 0 aromatic carbocycles. The van der Waals surface area contributed by atoms with E-state index in [4.69, 9.17) is 11.5 Å². The number of fused-ring (bicyclic) bond motifs is 1. The first-order chi connectivity index (χ1) is 12.5. The predicted molar refractivity (Wildman–Crippen MR) is 112 cm³/mol. The molecule has 0 unspecified atom stereocenters. The van der Waals surface area contributed by atoms with Crippen LogP contribution in [0, 0.1) is 5.92 Å². The Morgan fingerprint density at radius 3 is 2.69 bits per heavy atom. The number of hydrogen-bond acceptors (Lipinski definition) is 5. The molecule has 1 amide bonds. The van der Waals surface area contributed by atoms with E-state index in [1.54, 1.807) is 16.2 Å². The number of amides is 1. The molecule has 1 fully saturated rings. The molecular formula is C20H32N4OS. The Morgan fingerprint density at radius 2 is 2.08 bits per heavy atom. The molecule has 1 aromatic heterocycles. The number of nitrogens with zero attached hydrogens (tertiary/aromatic N) is 2. The Morgan fingerprint density at radius 1 is 1.35 bits per heavy atom. The highest BCUT2D eigenvalue weighted by Gasteiger charge is 2.19. The Labute approximate surface area is 161 Å². The molecule has 0 radical (unpaired) electrons. The monoisotopic (exact) mass is 376 g/mol. The highest BCUT2D eigenvalue weighted by Crippen LogP contribution is 2.31. The van der Waals surface area contributed by atoms with Crippen molar-refractivity contribution in [1.29, 1.82) is 0 Å². The quantitative estimate of drug-likeness (QED) is 0.835. The van der Waals surface area contributed by atoms with Crippen LogP contribution in [0.3, 0.4) is 0 Å². The number of aliphatic imine (C=N–C) groups is 1. The minimum atomic E-state index is 0.0382. The summed E-state index contributed by atoms with van der Waals surface area (Å²) in [4.78, 5) is 19.3. The third-order valence-electron chi connectivity index (χ3n) is 4.85. The number of amidine groups is 1. The van der Waals surface area contributed by atoms with Crippen LogP contribution in [0.15, 0.2) is 22.0 Å². The molecule has 26 heavy (non-hydrogen) atoms. The van der Waals surface area contributed by atoms with E-state index in [1.807, 2.05) is 24.6 Å². The lowest BCUT2D eigenvalue weighted by Gasteiger charge is -2.18. The van der Waals surface area contributed by atoms with Crippen molar-refractivity contribution < 1.29 is 4.79 Å². The fraction of sp³-hybridized carbons (Fsp3) is 0.600. The smallest absolute Gasteiger partial charge is 0.250 e. The van der Waals surface area contributed by atoms with Crippen LogP contribution in [-0.4, -0.2) is 36.8 Å². The third-order valence-corrected chi connectivity index (χ3v) is 5.71. The molecular weight excluding hydrogens is 344 g/mol. The highest BCUT2D eigenvalue weighted by atomic mass is 32.1. The molecule has 3 rings (SSSR count). The maximum atomic E-state index is 12.3. The van der Waals surface area contributed by atoms with Gasteiger partial charge in [-0.1, -0.05) is 26.2 Å². The highest BCUT2D eigenvalue weighted by molar-refractivity contribution is 7.11. The summed E-state index contributed by atoms with van der Waals surface area (Å²) in [7, 11) is 1.82. The van der Waals surface area contributed by atoms with Gasteiger partial charge in [-0.05, 0) is 49.2 Å². The van der Waals surface area contributed by atoms with Gasteiger partial charge in [-0.3, -0.25) is 4.79 Å². The van der Waals surface area contributed by atoms with Gasteiger partial charge in [-0.2, -0.15) is 0 Å². The zero-order chi connectivity index (χ0) is 18.9. The number of carbonyl (C=O) groups excluding carboxylic acids is 1. The molecule has 0 atom stereocenters. The van der Waals surface area contributed by atoms with E-state index in [-0.39, 0.29) is 5.91 Å². The maximum Gasteiger partial charge on any atom is 0.250 e. The molecule has 4 N–H and O–H groups in total. The molecule has 1 aliphatic heterocycles. The van der Waals surface area contributed by atoms with Crippen molar-refractivity contribution in [3.8, 4) is 0 Å². The molecule has 1 saturated carbocycles. The predicted octanol–water partition coefficient (Wildman–Crippen LogP) is 3.92. The molecule has 5 nitrogen and oxygen atoms in total. The van der Waals surface area contributed by atoms with Gasteiger partial charge >= 0.3 is 0 Å². The Kier molecular flexibility index (Phi) is 8.32. The second-order valence-corrected chi connectivity index (χ2v) is 8.03. The van der Waals surface area contributed by atoms with Crippen LogP contribution in [0.2, 0.25) is 0 Å². The van der Waals surface area contributed by atoms with Crippen molar-refractivity contribution >= 4 is 34.8 Å². The van der Waals surface area contributed by atoms with Crippen LogP contribution in [0.25, 0.3) is 6.08 Å². The Balaban J connectivity index is 0.000000254. The number of likely N-dealkylation sites (N-methyl/N-ethyl adjacent to an activating group) is 1. The minimum absolute atomic E-state index is 0.0382. The third kappa shape index (κ3) is 5.95. The molecule has 6 heteroatoms. The first-order valence-corrected chi connectivity index (χ1v) is 10.5. The number of nitrogens with two attached hydrogens (primary N) is 2. The van der Waals surface area contributed by atoms with Crippen molar-refractivity contribution in [2.75, 3.05) is 20.1 Å². The van der Waals surface area contributed by atoms with Gasteiger partial charge in [-0.15, -0.1) is 11.3 Å². The summed E-state index contributed by atoms with van der Waals surface area (Å²) in [5.41, 5.74) is 12.9. The number of thiophene rings is 1. The van der Waals surface area contributed by atoms with Gasteiger partial charge in [0, 0.05) is 25.6 Å². The summed E-state index contributed by atoms with van der Waals surface area (Å²) in [6.45, 7) is 3.73. The molecule has 0 spiro atoms. The second kappa shape index (κ2) is 10.5. The number of carbonyl (C=O) groups is 1. The Bertz CT molecular complexity index is 644. The van der Waals surface area contributed by atoms with Crippen LogP contribution in [0.4, 0.5) is 5.69 Å². The fourth-order valence-electron chi connectivity index (χ4n) is 3.36. The van der Waals surface area contributed by atoms with Crippen LogP contribution < -0.4 is 11.5 Å². The standard InChI is InChI=1S/C13H17N3OS.C7H15N/c1-3-5-16(2)13(17)9-7-11-10(4-6-18-11)15-12(14)8-9;8-6-7-4-2-1-3-5-7/h4,6-7H,3,5,8H2,1-2H3,(H2,14,15);7H,1-6,8H2. The first-order valence-electron chi connectivity index (χ1n) is 9.61.